The van der Waals surface area contributed by atoms with Gasteiger partial charge in [0, 0.05) is 26.2 Å². The van der Waals surface area contributed by atoms with Gasteiger partial charge < -0.3 is 19.5 Å². The fraction of sp³-hybridized carbons (Fsp3) is 0.368. The number of hydrogen-bond donors (Lipinski definition) is 1. The molecule has 3 unspecified atom stereocenters. The number of imidazole rings is 1. The second-order valence-electron chi connectivity index (χ2n) is 6.48. The zero-order valence-electron chi connectivity index (χ0n) is 15.6. The highest BCUT2D eigenvalue weighted by Crippen LogP contribution is 2.33. The van der Waals surface area contributed by atoms with Gasteiger partial charge in [-0.05, 0) is 12.1 Å². The maximum atomic E-state index is 12.5. The number of hydrogen-bond acceptors (Lipinski definition) is 7. The maximum Gasteiger partial charge on any atom is 0.256 e. The van der Waals surface area contributed by atoms with Gasteiger partial charge in [0.15, 0.2) is 23.2 Å². The maximum absolute atomic E-state index is 12.5. The number of ether oxygens (including phenoxy) is 3. The van der Waals surface area contributed by atoms with Gasteiger partial charge in [0.1, 0.15) is 12.4 Å². The topological polar surface area (TPSA) is 100 Å². The van der Waals surface area contributed by atoms with E-state index in [0.717, 1.165) is 0 Å². The van der Waals surface area contributed by atoms with E-state index in [0.29, 0.717) is 35.6 Å². The fourth-order valence-corrected chi connectivity index (χ4v) is 3.37. The molecule has 9 heteroatoms. The Bertz CT molecular complexity index is 961. The molecule has 4 rings (SSSR count). The standard InChI is InChI=1S/C19H21N5O4/c1-26-9-13-8-14(27-2)19(28-13)24-11-22-15-16(20-10-21-17(15)24)23-18(25)12-6-4-3-5-7-12/h3-7,10-11,13-14,19H,8-9H2,1-2H3,(H,20,21,23,25). The third kappa shape index (κ3) is 3.47. The van der Waals surface area contributed by atoms with Gasteiger partial charge in [-0.2, -0.15) is 0 Å². The Hall–Kier alpha value is -2.88. The molecule has 28 heavy (non-hydrogen) atoms. The van der Waals surface area contributed by atoms with E-state index < -0.39 is 0 Å². The number of carbonyl (C=O) groups excluding carboxylic acids is 1. The van der Waals surface area contributed by atoms with Crippen molar-refractivity contribution in [3.05, 3.63) is 48.5 Å². The molecule has 1 fully saturated rings. The third-order valence-corrected chi connectivity index (χ3v) is 4.70. The number of nitrogens with zero attached hydrogens (tertiary/aromatic N) is 4. The van der Waals surface area contributed by atoms with Crippen molar-refractivity contribution in [2.75, 3.05) is 26.1 Å². The lowest BCUT2D eigenvalue weighted by atomic mass is 10.2. The minimum Gasteiger partial charge on any atom is -0.382 e. The molecule has 0 aliphatic carbocycles. The van der Waals surface area contributed by atoms with Gasteiger partial charge in [0.2, 0.25) is 0 Å². The van der Waals surface area contributed by atoms with Crippen LogP contribution < -0.4 is 5.32 Å². The summed E-state index contributed by atoms with van der Waals surface area (Å²) < 4.78 is 18.7. The van der Waals surface area contributed by atoms with Crippen molar-refractivity contribution in [1.29, 1.82) is 0 Å². The quantitative estimate of drug-likeness (QED) is 0.695. The lowest BCUT2D eigenvalue weighted by Gasteiger charge is -2.19. The van der Waals surface area contributed by atoms with Gasteiger partial charge in [0.05, 0.1) is 19.0 Å². The van der Waals surface area contributed by atoms with Gasteiger partial charge in [-0.3, -0.25) is 9.36 Å². The molecular formula is C19H21N5O4. The van der Waals surface area contributed by atoms with Gasteiger partial charge >= 0.3 is 0 Å². The summed E-state index contributed by atoms with van der Waals surface area (Å²) in [5.74, 6) is 0.0835. The summed E-state index contributed by atoms with van der Waals surface area (Å²) in [6.07, 6.45) is 3.11. The normalized spacial score (nSPS) is 21.9. The number of methoxy groups -OCH3 is 2. The van der Waals surface area contributed by atoms with Crippen molar-refractivity contribution in [2.24, 2.45) is 0 Å². The molecule has 1 aliphatic rings. The summed E-state index contributed by atoms with van der Waals surface area (Å²) >= 11 is 0. The van der Waals surface area contributed by atoms with Crippen LogP contribution >= 0.6 is 0 Å². The summed E-state index contributed by atoms with van der Waals surface area (Å²) in [5.41, 5.74) is 1.58. The summed E-state index contributed by atoms with van der Waals surface area (Å²) in [5, 5.41) is 2.80. The van der Waals surface area contributed by atoms with Crippen molar-refractivity contribution >= 4 is 22.9 Å². The van der Waals surface area contributed by atoms with E-state index >= 15 is 0 Å². The largest absolute Gasteiger partial charge is 0.382 e. The smallest absolute Gasteiger partial charge is 0.256 e. The molecule has 3 aromatic rings. The number of fused-ring (bicyclic) bond motifs is 1. The molecule has 3 atom stereocenters. The van der Waals surface area contributed by atoms with Crippen LogP contribution in [0.4, 0.5) is 5.82 Å². The molecule has 1 aliphatic heterocycles. The van der Waals surface area contributed by atoms with E-state index in [9.17, 15) is 4.79 Å². The third-order valence-electron chi connectivity index (χ3n) is 4.70. The predicted molar refractivity (Wildman–Crippen MR) is 101 cm³/mol. The molecule has 1 amide bonds. The Balaban J connectivity index is 1.63. The number of nitrogens with one attached hydrogen (secondary N) is 1. The van der Waals surface area contributed by atoms with Crippen LogP contribution in [0.15, 0.2) is 43.0 Å². The first-order chi connectivity index (χ1) is 13.7. The van der Waals surface area contributed by atoms with Crippen LogP contribution in [0.5, 0.6) is 0 Å². The number of benzene rings is 1. The SMILES string of the molecule is COCC1CC(OC)C(n2cnc3c(NC(=O)c4ccccc4)ncnc32)O1. The van der Waals surface area contributed by atoms with Crippen LogP contribution in [-0.4, -0.2) is 58.5 Å². The van der Waals surface area contributed by atoms with E-state index in [1.165, 1.54) is 6.33 Å². The van der Waals surface area contributed by atoms with E-state index in [2.05, 4.69) is 20.3 Å². The van der Waals surface area contributed by atoms with Gasteiger partial charge in [-0.1, -0.05) is 18.2 Å². The average molecular weight is 383 g/mol. The number of carbonyl (C=O) groups is 1. The molecule has 0 saturated carbocycles. The zero-order valence-corrected chi connectivity index (χ0v) is 15.6. The highest BCUT2D eigenvalue weighted by atomic mass is 16.6. The first kappa shape index (κ1) is 18.5. The summed E-state index contributed by atoms with van der Waals surface area (Å²) in [4.78, 5) is 25.4. The van der Waals surface area contributed by atoms with Crippen LogP contribution in [-0.2, 0) is 14.2 Å². The Labute approximate surface area is 161 Å². The van der Waals surface area contributed by atoms with Crippen LogP contribution in [0.3, 0.4) is 0 Å². The summed E-state index contributed by atoms with van der Waals surface area (Å²) in [6.45, 7) is 0.482. The summed E-state index contributed by atoms with van der Waals surface area (Å²) in [6, 6.07) is 8.93. The Kier molecular flexibility index (Phi) is 5.29. The monoisotopic (exact) mass is 383 g/mol. The number of anilines is 1. The minimum absolute atomic E-state index is 0.0727. The molecular weight excluding hydrogens is 362 g/mol. The first-order valence-electron chi connectivity index (χ1n) is 8.92. The summed E-state index contributed by atoms with van der Waals surface area (Å²) in [7, 11) is 3.29. The van der Waals surface area contributed by atoms with E-state index in [1.54, 1.807) is 49.4 Å². The molecule has 1 aromatic carbocycles. The molecule has 0 spiro atoms. The lowest BCUT2D eigenvalue weighted by Crippen LogP contribution is -2.21. The number of amides is 1. The zero-order chi connectivity index (χ0) is 19.5. The second-order valence-corrected chi connectivity index (χ2v) is 6.48. The van der Waals surface area contributed by atoms with Gasteiger partial charge in [-0.15, -0.1) is 0 Å². The Morgan fingerprint density at radius 3 is 2.82 bits per heavy atom. The molecule has 0 bridgehead atoms. The molecule has 1 saturated heterocycles. The molecule has 3 heterocycles. The Morgan fingerprint density at radius 1 is 1.25 bits per heavy atom. The van der Waals surface area contributed by atoms with Crippen molar-refractivity contribution < 1.29 is 19.0 Å². The lowest BCUT2D eigenvalue weighted by molar-refractivity contribution is -0.0625. The molecule has 2 aromatic heterocycles. The van der Waals surface area contributed by atoms with E-state index in [1.807, 2.05) is 6.07 Å². The average Bonchev–Trinajstić information content (AvgIpc) is 3.33. The molecule has 1 N–H and O–H groups in total. The fourth-order valence-electron chi connectivity index (χ4n) is 3.37. The van der Waals surface area contributed by atoms with Crippen molar-refractivity contribution in [1.82, 2.24) is 19.5 Å². The van der Waals surface area contributed by atoms with E-state index in [4.69, 9.17) is 14.2 Å². The highest BCUT2D eigenvalue weighted by molar-refractivity contribution is 6.06. The molecule has 146 valence electrons. The first-order valence-corrected chi connectivity index (χ1v) is 8.92. The second kappa shape index (κ2) is 8.01. The Morgan fingerprint density at radius 2 is 2.07 bits per heavy atom. The number of aromatic nitrogens is 4. The van der Waals surface area contributed by atoms with Crippen LogP contribution in [0, 0.1) is 0 Å². The van der Waals surface area contributed by atoms with Crippen molar-refractivity contribution in [3.8, 4) is 0 Å². The van der Waals surface area contributed by atoms with E-state index in [-0.39, 0.29) is 24.3 Å². The molecule has 9 nitrogen and oxygen atoms in total. The van der Waals surface area contributed by atoms with Crippen LogP contribution in [0.25, 0.3) is 11.2 Å². The highest BCUT2D eigenvalue weighted by Gasteiger charge is 2.37. The molecule has 0 radical (unpaired) electrons. The van der Waals surface area contributed by atoms with Crippen molar-refractivity contribution in [2.45, 2.75) is 24.9 Å². The predicted octanol–water partition coefficient (Wildman–Crippen LogP) is 2.03. The van der Waals surface area contributed by atoms with Crippen LogP contribution in [0.1, 0.15) is 23.0 Å². The minimum atomic E-state index is -0.386. The number of rotatable bonds is 6. The van der Waals surface area contributed by atoms with Gasteiger partial charge in [-0.25, -0.2) is 15.0 Å². The van der Waals surface area contributed by atoms with Crippen LogP contribution in [0.2, 0.25) is 0 Å². The van der Waals surface area contributed by atoms with Gasteiger partial charge in [0.25, 0.3) is 5.91 Å². The van der Waals surface area contributed by atoms with Crippen molar-refractivity contribution in [3.63, 3.8) is 0 Å².